The van der Waals surface area contributed by atoms with Gasteiger partial charge >= 0.3 is 0 Å². The van der Waals surface area contributed by atoms with Gasteiger partial charge in [0.25, 0.3) is 0 Å². The highest BCUT2D eigenvalue weighted by atomic mass is 16.5. The van der Waals surface area contributed by atoms with E-state index >= 15 is 0 Å². The molecule has 25 heavy (non-hydrogen) atoms. The number of aromatic nitrogens is 1. The van der Waals surface area contributed by atoms with Crippen molar-refractivity contribution in [1.82, 2.24) is 9.88 Å². The van der Waals surface area contributed by atoms with Gasteiger partial charge in [-0.3, -0.25) is 0 Å². The van der Waals surface area contributed by atoms with Gasteiger partial charge in [0.05, 0.1) is 24.3 Å². The summed E-state index contributed by atoms with van der Waals surface area (Å²) in [5, 5.41) is 0. The number of nitrogens with zero attached hydrogens (tertiary/aromatic N) is 3. The average Bonchev–Trinajstić information content (AvgIpc) is 2.64. The zero-order valence-electron chi connectivity index (χ0n) is 15.8. The fourth-order valence-electron chi connectivity index (χ4n) is 2.34. The molecule has 134 valence electrons. The van der Waals surface area contributed by atoms with Crippen LogP contribution in [0.3, 0.4) is 0 Å². The monoisotopic (exact) mass is 339 g/mol. The van der Waals surface area contributed by atoms with Crippen LogP contribution in [0.15, 0.2) is 47.5 Å². The highest BCUT2D eigenvalue weighted by Gasteiger charge is 2.09. The van der Waals surface area contributed by atoms with Crippen molar-refractivity contribution in [2.24, 2.45) is 10.9 Å². The predicted molar refractivity (Wildman–Crippen MR) is 106 cm³/mol. The minimum atomic E-state index is 0.658. The van der Waals surface area contributed by atoms with Crippen molar-refractivity contribution >= 4 is 12.0 Å². The van der Waals surface area contributed by atoms with Gasteiger partial charge in [0.1, 0.15) is 0 Å². The molecule has 0 aliphatic carbocycles. The lowest BCUT2D eigenvalue weighted by atomic mass is 10.1. The van der Waals surface area contributed by atoms with Crippen LogP contribution in [-0.4, -0.2) is 36.4 Å². The fraction of sp³-hybridized carbons (Fsp3) is 0.429. The maximum Gasteiger partial charge on any atom is 0.213 e. The first-order valence-electron chi connectivity index (χ1n) is 9.03. The molecule has 0 unspecified atom stereocenters. The van der Waals surface area contributed by atoms with E-state index in [1.807, 2.05) is 60.8 Å². The Labute approximate surface area is 151 Å². The molecule has 0 aliphatic heterocycles. The summed E-state index contributed by atoms with van der Waals surface area (Å²) >= 11 is 0. The Morgan fingerprint density at radius 1 is 1.16 bits per heavy atom. The van der Waals surface area contributed by atoms with Crippen molar-refractivity contribution < 1.29 is 4.74 Å². The minimum Gasteiger partial charge on any atom is -0.478 e. The normalized spacial score (nSPS) is 11.2. The molecule has 0 spiro atoms. The van der Waals surface area contributed by atoms with Crippen LogP contribution >= 0.6 is 0 Å². The van der Waals surface area contributed by atoms with Crippen LogP contribution in [0, 0.1) is 5.92 Å². The van der Waals surface area contributed by atoms with Gasteiger partial charge in [-0.2, -0.15) is 0 Å². The van der Waals surface area contributed by atoms with Gasteiger partial charge in [0.15, 0.2) is 0 Å². The summed E-state index contributed by atoms with van der Waals surface area (Å²) < 4.78 is 5.85. The number of hydrogen-bond acceptors (Lipinski definition) is 3. The van der Waals surface area contributed by atoms with Crippen LogP contribution in [0.25, 0.3) is 11.3 Å². The maximum absolute atomic E-state index is 5.85. The van der Waals surface area contributed by atoms with Gasteiger partial charge in [-0.1, -0.05) is 44.2 Å². The quantitative estimate of drug-likeness (QED) is 0.359. The third-order valence-electron chi connectivity index (χ3n) is 3.96. The van der Waals surface area contributed by atoms with Crippen LogP contribution in [0.4, 0.5) is 5.69 Å². The van der Waals surface area contributed by atoms with Crippen molar-refractivity contribution in [3.05, 3.63) is 42.5 Å². The van der Waals surface area contributed by atoms with Crippen molar-refractivity contribution in [1.29, 1.82) is 0 Å². The molecule has 0 saturated carbocycles. The molecular weight excluding hydrogens is 310 g/mol. The minimum absolute atomic E-state index is 0.658. The van der Waals surface area contributed by atoms with Gasteiger partial charge in [-0.15, -0.1) is 0 Å². The van der Waals surface area contributed by atoms with Crippen LogP contribution in [0.1, 0.15) is 33.6 Å². The number of benzene rings is 1. The molecule has 0 aliphatic rings. The Morgan fingerprint density at radius 3 is 2.60 bits per heavy atom. The van der Waals surface area contributed by atoms with Crippen LogP contribution < -0.4 is 4.74 Å². The first kappa shape index (κ1) is 19.0. The van der Waals surface area contributed by atoms with E-state index in [1.54, 1.807) is 0 Å². The summed E-state index contributed by atoms with van der Waals surface area (Å²) in [5.74, 6) is 1.36. The molecule has 4 heteroatoms. The van der Waals surface area contributed by atoms with Crippen LogP contribution in [-0.2, 0) is 0 Å². The first-order chi connectivity index (χ1) is 12.1. The number of rotatable bonds is 9. The van der Waals surface area contributed by atoms with Gasteiger partial charge in [0.2, 0.25) is 5.88 Å². The van der Waals surface area contributed by atoms with E-state index in [0.29, 0.717) is 18.4 Å². The predicted octanol–water partition coefficient (Wildman–Crippen LogP) is 5.18. The summed E-state index contributed by atoms with van der Waals surface area (Å²) in [4.78, 5) is 11.3. The lowest BCUT2D eigenvalue weighted by Gasteiger charge is -2.12. The van der Waals surface area contributed by atoms with E-state index in [0.717, 1.165) is 36.3 Å². The third-order valence-corrected chi connectivity index (χ3v) is 3.96. The summed E-state index contributed by atoms with van der Waals surface area (Å²) in [6.07, 6.45) is 4.05. The van der Waals surface area contributed by atoms with Crippen molar-refractivity contribution in [2.75, 3.05) is 20.2 Å². The van der Waals surface area contributed by atoms with Gasteiger partial charge in [0, 0.05) is 25.2 Å². The molecule has 0 atom stereocenters. The number of hydrogen-bond donors (Lipinski definition) is 0. The molecule has 1 aromatic heterocycles. The SMILES string of the molecule is CCN(C)/C=N/c1ccc(OCCCC(C)C)nc1-c1ccccc1. The van der Waals surface area contributed by atoms with E-state index in [-0.39, 0.29) is 0 Å². The smallest absolute Gasteiger partial charge is 0.213 e. The molecule has 0 radical (unpaired) electrons. The standard InChI is InChI=1S/C21H29N3O/c1-5-24(4)16-22-19-13-14-20(25-15-9-10-17(2)3)23-21(19)18-11-7-6-8-12-18/h6-8,11-14,16-17H,5,9-10,15H2,1-4H3/b22-16+. The molecular formula is C21H29N3O. The molecule has 0 bridgehead atoms. The Kier molecular flexibility index (Phi) is 7.45. The number of aliphatic imine (C=N–C) groups is 1. The molecule has 4 nitrogen and oxygen atoms in total. The summed E-state index contributed by atoms with van der Waals surface area (Å²) in [6.45, 7) is 8.16. The van der Waals surface area contributed by atoms with Gasteiger partial charge in [-0.25, -0.2) is 9.98 Å². The molecule has 0 amide bonds. The highest BCUT2D eigenvalue weighted by Crippen LogP contribution is 2.30. The second-order valence-corrected chi connectivity index (χ2v) is 6.59. The second-order valence-electron chi connectivity index (χ2n) is 6.59. The summed E-state index contributed by atoms with van der Waals surface area (Å²) in [5.41, 5.74) is 2.74. The zero-order valence-corrected chi connectivity index (χ0v) is 15.8. The van der Waals surface area contributed by atoms with Gasteiger partial charge in [-0.05, 0) is 31.7 Å². The number of pyridine rings is 1. The van der Waals surface area contributed by atoms with E-state index in [1.165, 1.54) is 0 Å². The lowest BCUT2D eigenvalue weighted by molar-refractivity contribution is 0.287. The van der Waals surface area contributed by atoms with Crippen LogP contribution in [0.5, 0.6) is 5.88 Å². The fourth-order valence-corrected chi connectivity index (χ4v) is 2.34. The van der Waals surface area contributed by atoms with E-state index in [4.69, 9.17) is 9.72 Å². The van der Waals surface area contributed by atoms with Crippen molar-refractivity contribution in [3.63, 3.8) is 0 Å². The molecule has 1 aromatic carbocycles. The Bertz CT molecular complexity index is 668. The summed E-state index contributed by atoms with van der Waals surface area (Å²) in [6, 6.07) is 14.0. The molecule has 2 rings (SSSR count). The highest BCUT2D eigenvalue weighted by molar-refractivity contribution is 5.75. The van der Waals surface area contributed by atoms with Crippen LogP contribution in [0.2, 0.25) is 0 Å². The molecule has 0 N–H and O–H groups in total. The number of ether oxygens (including phenoxy) is 1. The van der Waals surface area contributed by atoms with Crippen molar-refractivity contribution in [3.8, 4) is 17.1 Å². The van der Waals surface area contributed by atoms with E-state index in [9.17, 15) is 0 Å². The Balaban J connectivity index is 2.21. The van der Waals surface area contributed by atoms with E-state index < -0.39 is 0 Å². The van der Waals surface area contributed by atoms with Crippen molar-refractivity contribution in [2.45, 2.75) is 33.6 Å². The Hall–Kier alpha value is -2.36. The lowest BCUT2D eigenvalue weighted by Crippen LogP contribution is -2.14. The zero-order chi connectivity index (χ0) is 18.1. The average molecular weight is 339 g/mol. The molecule has 0 saturated heterocycles. The largest absolute Gasteiger partial charge is 0.478 e. The molecule has 1 heterocycles. The third kappa shape index (κ3) is 6.22. The second kappa shape index (κ2) is 9.82. The summed E-state index contributed by atoms with van der Waals surface area (Å²) in [7, 11) is 2.01. The van der Waals surface area contributed by atoms with E-state index in [2.05, 4.69) is 25.8 Å². The van der Waals surface area contributed by atoms with Gasteiger partial charge < -0.3 is 9.64 Å². The Morgan fingerprint density at radius 2 is 1.92 bits per heavy atom. The maximum atomic E-state index is 5.85. The molecule has 2 aromatic rings. The first-order valence-corrected chi connectivity index (χ1v) is 9.03. The molecule has 0 fully saturated rings. The topological polar surface area (TPSA) is 37.7 Å².